The van der Waals surface area contributed by atoms with Crippen LogP contribution < -0.4 is 10.1 Å². The Labute approximate surface area is 89.4 Å². The molecule has 1 atom stereocenters. The molecule has 0 saturated carbocycles. The molecule has 3 nitrogen and oxygen atoms in total. The lowest BCUT2D eigenvalue weighted by molar-refractivity contribution is -0.121. The Morgan fingerprint density at radius 3 is 3.13 bits per heavy atom. The highest BCUT2D eigenvalue weighted by Gasteiger charge is 2.21. The molecule has 1 aliphatic rings. The van der Waals surface area contributed by atoms with E-state index in [0.29, 0.717) is 13.0 Å². The van der Waals surface area contributed by atoms with E-state index in [4.69, 9.17) is 4.74 Å². The summed E-state index contributed by atoms with van der Waals surface area (Å²) in [6, 6.07) is 7.98. The Morgan fingerprint density at radius 2 is 2.33 bits per heavy atom. The molecule has 0 unspecified atom stereocenters. The zero-order chi connectivity index (χ0) is 10.7. The summed E-state index contributed by atoms with van der Waals surface area (Å²) in [5, 5.41) is 3.01. The fraction of sp³-hybridized carbons (Fsp3) is 0.417. The number of amides is 1. The SMILES string of the molecule is CCC(=O)N[C@@H]1CCOc2ccccc21. The van der Waals surface area contributed by atoms with E-state index in [-0.39, 0.29) is 11.9 Å². The zero-order valence-corrected chi connectivity index (χ0v) is 8.82. The van der Waals surface area contributed by atoms with E-state index in [0.717, 1.165) is 17.7 Å². The summed E-state index contributed by atoms with van der Waals surface area (Å²) >= 11 is 0. The average molecular weight is 205 g/mol. The van der Waals surface area contributed by atoms with Crippen molar-refractivity contribution in [3.05, 3.63) is 29.8 Å². The summed E-state index contributed by atoms with van der Waals surface area (Å²) in [6.45, 7) is 2.53. The molecule has 1 aliphatic heterocycles. The number of hydrogen-bond acceptors (Lipinski definition) is 2. The van der Waals surface area contributed by atoms with Gasteiger partial charge in [-0.25, -0.2) is 0 Å². The van der Waals surface area contributed by atoms with Gasteiger partial charge in [0.1, 0.15) is 5.75 Å². The maximum atomic E-state index is 11.3. The van der Waals surface area contributed by atoms with Gasteiger partial charge in [0, 0.05) is 18.4 Å². The smallest absolute Gasteiger partial charge is 0.220 e. The van der Waals surface area contributed by atoms with Gasteiger partial charge in [-0.2, -0.15) is 0 Å². The molecule has 1 N–H and O–H groups in total. The second-order valence-corrected chi connectivity index (χ2v) is 3.65. The second kappa shape index (κ2) is 4.34. The Kier molecular flexibility index (Phi) is 2.90. The van der Waals surface area contributed by atoms with Crippen LogP contribution in [0, 0.1) is 0 Å². The molecule has 2 rings (SSSR count). The van der Waals surface area contributed by atoms with E-state index >= 15 is 0 Å². The number of fused-ring (bicyclic) bond motifs is 1. The van der Waals surface area contributed by atoms with Gasteiger partial charge in [-0.3, -0.25) is 4.79 Å². The monoisotopic (exact) mass is 205 g/mol. The molecule has 1 heterocycles. The maximum Gasteiger partial charge on any atom is 0.220 e. The summed E-state index contributed by atoms with van der Waals surface area (Å²) in [4.78, 5) is 11.3. The Balaban J connectivity index is 2.18. The number of hydrogen-bond donors (Lipinski definition) is 1. The van der Waals surface area contributed by atoms with Gasteiger partial charge in [0.2, 0.25) is 5.91 Å². The number of para-hydroxylation sites is 1. The van der Waals surface area contributed by atoms with Crippen molar-refractivity contribution >= 4 is 5.91 Å². The molecule has 0 fully saturated rings. The molecule has 0 saturated heterocycles. The van der Waals surface area contributed by atoms with Crippen LogP contribution in [0.5, 0.6) is 5.75 Å². The minimum atomic E-state index is 0.0942. The van der Waals surface area contributed by atoms with Crippen LogP contribution in [0.2, 0.25) is 0 Å². The van der Waals surface area contributed by atoms with E-state index in [9.17, 15) is 4.79 Å². The molecular weight excluding hydrogens is 190 g/mol. The molecule has 80 valence electrons. The predicted molar refractivity (Wildman–Crippen MR) is 57.7 cm³/mol. The number of carbonyl (C=O) groups excluding carboxylic acids is 1. The van der Waals surface area contributed by atoms with Crippen LogP contribution in [-0.2, 0) is 4.79 Å². The van der Waals surface area contributed by atoms with Crippen LogP contribution >= 0.6 is 0 Å². The van der Waals surface area contributed by atoms with Crippen molar-refractivity contribution in [1.82, 2.24) is 5.32 Å². The second-order valence-electron chi connectivity index (χ2n) is 3.65. The van der Waals surface area contributed by atoms with Crippen LogP contribution in [0.4, 0.5) is 0 Å². The van der Waals surface area contributed by atoms with Crippen LogP contribution in [0.3, 0.4) is 0 Å². The van der Waals surface area contributed by atoms with Gasteiger partial charge >= 0.3 is 0 Å². The first-order valence-electron chi connectivity index (χ1n) is 5.32. The first kappa shape index (κ1) is 10.0. The van der Waals surface area contributed by atoms with Crippen molar-refractivity contribution in [2.24, 2.45) is 0 Å². The summed E-state index contributed by atoms with van der Waals surface area (Å²) in [6.07, 6.45) is 1.38. The predicted octanol–water partition coefficient (Wildman–Crippen LogP) is 2.04. The highest BCUT2D eigenvalue weighted by molar-refractivity contribution is 5.76. The molecule has 0 bridgehead atoms. The fourth-order valence-electron chi connectivity index (χ4n) is 1.79. The third-order valence-corrected chi connectivity index (χ3v) is 2.61. The van der Waals surface area contributed by atoms with Crippen molar-refractivity contribution in [1.29, 1.82) is 0 Å². The highest BCUT2D eigenvalue weighted by Crippen LogP contribution is 2.31. The van der Waals surface area contributed by atoms with Gasteiger partial charge < -0.3 is 10.1 Å². The average Bonchev–Trinajstić information content (AvgIpc) is 2.29. The molecule has 3 heteroatoms. The molecule has 0 aliphatic carbocycles. The molecule has 1 aromatic carbocycles. The lowest BCUT2D eigenvalue weighted by atomic mass is 10.0. The van der Waals surface area contributed by atoms with E-state index in [2.05, 4.69) is 5.32 Å². The Hall–Kier alpha value is -1.51. The van der Waals surface area contributed by atoms with Gasteiger partial charge in [-0.05, 0) is 6.07 Å². The third kappa shape index (κ3) is 2.12. The molecule has 1 aromatic rings. The van der Waals surface area contributed by atoms with E-state index < -0.39 is 0 Å². The molecule has 0 radical (unpaired) electrons. The lowest BCUT2D eigenvalue weighted by Crippen LogP contribution is -2.31. The van der Waals surface area contributed by atoms with Crippen molar-refractivity contribution in [2.45, 2.75) is 25.8 Å². The van der Waals surface area contributed by atoms with Crippen molar-refractivity contribution in [3.63, 3.8) is 0 Å². The topological polar surface area (TPSA) is 38.3 Å². The first-order chi connectivity index (χ1) is 7.31. The molecule has 0 spiro atoms. The number of nitrogens with one attached hydrogen (secondary N) is 1. The van der Waals surface area contributed by atoms with Gasteiger partial charge in [0.05, 0.1) is 12.6 Å². The number of ether oxygens (including phenoxy) is 1. The van der Waals surface area contributed by atoms with Gasteiger partial charge in [-0.1, -0.05) is 25.1 Å². The Bertz CT molecular complexity index is 362. The van der Waals surface area contributed by atoms with Crippen LogP contribution in [0.1, 0.15) is 31.4 Å². The highest BCUT2D eigenvalue weighted by atomic mass is 16.5. The van der Waals surface area contributed by atoms with Crippen molar-refractivity contribution in [3.8, 4) is 5.75 Å². The van der Waals surface area contributed by atoms with Gasteiger partial charge in [0.15, 0.2) is 0 Å². The largest absolute Gasteiger partial charge is 0.493 e. The van der Waals surface area contributed by atoms with E-state index in [1.54, 1.807) is 0 Å². The molecular formula is C12H15NO2. The molecule has 15 heavy (non-hydrogen) atoms. The number of benzene rings is 1. The molecule has 1 amide bonds. The van der Waals surface area contributed by atoms with Crippen LogP contribution in [0.15, 0.2) is 24.3 Å². The number of carbonyl (C=O) groups is 1. The lowest BCUT2D eigenvalue weighted by Gasteiger charge is -2.26. The van der Waals surface area contributed by atoms with Crippen molar-refractivity contribution < 1.29 is 9.53 Å². The normalized spacial score (nSPS) is 18.9. The summed E-state index contributed by atoms with van der Waals surface area (Å²) in [5.41, 5.74) is 1.09. The maximum absolute atomic E-state index is 11.3. The van der Waals surface area contributed by atoms with E-state index in [1.165, 1.54) is 0 Å². The first-order valence-corrected chi connectivity index (χ1v) is 5.32. The van der Waals surface area contributed by atoms with Crippen LogP contribution in [0.25, 0.3) is 0 Å². The minimum Gasteiger partial charge on any atom is -0.493 e. The standard InChI is InChI=1S/C12H15NO2/c1-2-12(14)13-10-7-8-15-11-6-4-3-5-9(10)11/h3-6,10H,2,7-8H2,1H3,(H,13,14)/t10-/m1/s1. The number of rotatable bonds is 2. The molecule has 0 aromatic heterocycles. The zero-order valence-electron chi connectivity index (χ0n) is 8.82. The van der Waals surface area contributed by atoms with Crippen LogP contribution in [-0.4, -0.2) is 12.5 Å². The van der Waals surface area contributed by atoms with Gasteiger partial charge in [0.25, 0.3) is 0 Å². The summed E-state index contributed by atoms with van der Waals surface area (Å²) < 4.78 is 5.52. The van der Waals surface area contributed by atoms with Gasteiger partial charge in [-0.15, -0.1) is 0 Å². The van der Waals surface area contributed by atoms with Crippen molar-refractivity contribution in [2.75, 3.05) is 6.61 Å². The summed E-state index contributed by atoms with van der Waals surface area (Å²) in [7, 11) is 0. The fourth-order valence-corrected chi connectivity index (χ4v) is 1.79. The summed E-state index contributed by atoms with van der Waals surface area (Å²) in [5.74, 6) is 0.988. The third-order valence-electron chi connectivity index (χ3n) is 2.61. The quantitative estimate of drug-likeness (QED) is 0.802. The van der Waals surface area contributed by atoms with E-state index in [1.807, 2.05) is 31.2 Å². The minimum absolute atomic E-state index is 0.0942. The Morgan fingerprint density at radius 1 is 1.53 bits per heavy atom.